The van der Waals surface area contributed by atoms with Crippen LogP contribution in [0.15, 0.2) is 84.4 Å². The summed E-state index contributed by atoms with van der Waals surface area (Å²) >= 11 is 0. The van der Waals surface area contributed by atoms with Crippen molar-refractivity contribution >= 4 is 17.4 Å². The summed E-state index contributed by atoms with van der Waals surface area (Å²) in [6.45, 7) is 0.274. The molecule has 1 aliphatic rings. The number of rotatable bonds is 6. The predicted octanol–water partition coefficient (Wildman–Crippen LogP) is 4.50. The molecule has 0 bridgehead atoms. The highest BCUT2D eigenvalue weighted by Gasteiger charge is 2.45. The lowest BCUT2D eigenvalue weighted by molar-refractivity contribution is -0.139. The summed E-state index contributed by atoms with van der Waals surface area (Å²) < 4.78 is 18.7. The molecule has 1 fully saturated rings. The molecule has 162 valence electrons. The smallest absolute Gasteiger partial charge is 0.295 e. The van der Waals surface area contributed by atoms with Crippen molar-refractivity contribution in [2.75, 3.05) is 13.7 Å². The molecule has 1 heterocycles. The van der Waals surface area contributed by atoms with Crippen molar-refractivity contribution in [2.45, 2.75) is 12.5 Å². The molecule has 0 unspecified atom stereocenters. The Morgan fingerprint density at radius 1 is 0.969 bits per heavy atom. The Morgan fingerprint density at radius 3 is 2.25 bits per heavy atom. The molecule has 0 saturated carbocycles. The predicted molar refractivity (Wildman–Crippen MR) is 119 cm³/mol. The van der Waals surface area contributed by atoms with E-state index in [1.54, 1.807) is 24.3 Å². The molecule has 3 aromatic carbocycles. The minimum atomic E-state index is -0.818. The second-order valence-corrected chi connectivity index (χ2v) is 7.51. The van der Waals surface area contributed by atoms with E-state index in [0.29, 0.717) is 23.3 Å². The molecule has 3 aromatic rings. The van der Waals surface area contributed by atoms with E-state index in [-0.39, 0.29) is 17.9 Å². The van der Waals surface area contributed by atoms with Gasteiger partial charge in [-0.2, -0.15) is 0 Å². The number of amides is 1. The third kappa shape index (κ3) is 4.12. The number of hydrogen-bond donors (Lipinski definition) is 1. The third-order valence-corrected chi connectivity index (χ3v) is 5.57. The second kappa shape index (κ2) is 9.06. The Balaban J connectivity index is 1.77. The van der Waals surface area contributed by atoms with Gasteiger partial charge in [0.2, 0.25) is 0 Å². The van der Waals surface area contributed by atoms with Crippen molar-refractivity contribution in [3.8, 4) is 5.75 Å². The fourth-order valence-electron chi connectivity index (χ4n) is 3.90. The number of halogens is 1. The van der Waals surface area contributed by atoms with Crippen LogP contribution in [0.4, 0.5) is 4.39 Å². The van der Waals surface area contributed by atoms with E-state index in [1.165, 1.54) is 36.3 Å². The number of aliphatic hydroxyl groups is 1. The SMILES string of the molecule is COc1ccc(C(O)=C2C(=O)C(=O)N(CCc3ccccc3)[C@@H]2c2ccc(F)cc2)cc1. The first-order chi connectivity index (χ1) is 15.5. The molecule has 5 nitrogen and oxygen atoms in total. The molecule has 1 saturated heterocycles. The van der Waals surface area contributed by atoms with Crippen LogP contribution >= 0.6 is 0 Å². The van der Waals surface area contributed by atoms with Crippen molar-refractivity contribution < 1.29 is 23.8 Å². The van der Waals surface area contributed by atoms with Gasteiger partial charge in [0, 0.05) is 12.1 Å². The molecule has 0 aliphatic carbocycles. The van der Waals surface area contributed by atoms with Crippen LogP contribution in [-0.4, -0.2) is 35.4 Å². The number of likely N-dealkylation sites (tertiary alicyclic amines) is 1. The van der Waals surface area contributed by atoms with E-state index in [4.69, 9.17) is 4.74 Å². The molecular formula is C26H22FNO4. The van der Waals surface area contributed by atoms with Crippen LogP contribution in [0.25, 0.3) is 5.76 Å². The first kappa shape index (κ1) is 21.3. The fraction of sp³-hybridized carbons (Fsp3) is 0.154. The Bertz CT molecular complexity index is 1150. The molecule has 6 heteroatoms. The van der Waals surface area contributed by atoms with E-state index in [2.05, 4.69) is 0 Å². The number of ether oxygens (including phenoxy) is 1. The number of ketones is 1. The summed E-state index contributed by atoms with van der Waals surface area (Å²) in [7, 11) is 1.53. The number of carbonyl (C=O) groups is 2. The quantitative estimate of drug-likeness (QED) is 0.355. The molecule has 1 aliphatic heterocycles. The fourth-order valence-corrected chi connectivity index (χ4v) is 3.90. The monoisotopic (exact) mass is 431 g/mol. The van der Waals surface area contributed by atoms with Crippen LogP contribution in [0.5, 0.6) is 5.75 Å². The molecule has 1 N–H and O–H groups in total. The lowest BCUT2D eigenvalue weighted by Gasteiger charge is -2.25. The van der Waals surface area contributed by atoms with Gasteiger partial charge in [-0.05, 0) is 53.9 Å². The number of hydrogen-bond acceptors (Lipinski definition) is 4. The molecule has 4 rings (SSSR count). The largest absolute Gasteiger partial charge is 0.507 e. The average Bonchev–Trinajstić information content (AvgIpc) is 3.08. The first-order valence-corrected chi connectivity index (χ1v) is 10.2. The molecular weight excluding hydrogens is 409 g/mol. The number of benzene rings is 3. The minimum Gasteiger partial charge on any atom is -0.507 e. The summed E-state index contributed by atoms with van der Waals surface area (Å²) in [6, 6.07) is 21.0. The maximum absolute atomic E-state index is 13.6. The number of carbonyl (C=O) groups excluding carboxylic acids is 2. The topological polar surface area (TPSA) is 66.8 Å². The maximum atomic E-state index is 13.6. The minimum absolute atomic E-state index is 0.0140. The van der Waals surface area contributed by atoms with Crippen LogP contribution in [-0.2, 0) is 16.0 Å². The van der Waals surface area contributed by atoms with Gasteiger partial charge in [0.15, 0.2) is 0 Å². The number of methoxy groups -OCH3 is 1. The number of Topliss-reactive ketones (excluding diaryl/α,β-unsaturated/α-hetero) is 1. The zero-order chi connectivity index (χ0) is 22.7. The van der Waals surface area contributed by atoms with Gasteiger partial charge >= 0.3 is 0 Å². The van der Waals surface area contributed by atoms with Crippen LogP contribution in [0.3, 0.4) is 0 Å². The zero-order valence-electron chi connectivity index (χ0n) is 17.5. The molecule has 0 spiro atoms. The molecule has 32 heavy (non-hydrogen) atoms. The van der Waals surface area contributed by atoms with Crippen LogP contribution in [0.2, 0.25) is 0 Å². The maximum Gasteiger partial charge on any atom is 0.295 e. The highest BCUT2D eigenvalue weighted by molar-refractivity contribution is 6.46. The van der Waals surface area contributed by atoms with E-state index in [0.717, 1.165) is 5.56 Å². The van der Waals surface area contributed by atoms with Gasteiger partial charge in [0.05, 0.1) is 18.7 Å². The number of aliphatic hydroxyl groups excluding tert-OH is 1. The second-order valence-electron chi connectivity index (χ2n) is 7.51. The highest BCUT2D eigenvalue weighted by Crippen LogP contribution is 2.39. The van der Waals surface area contributed by atoms with Gasteiger partial charge in [-0.15, -0.1) is 0 Å². The normalized spacial score (nSPS) is 17.6. The van der Waals surface area contributed by atoms with Crippen molar-refractivity contribution in [1.82, 2.24) is 4.90 Å². The van der Waals surface area contributed by atoms with Gasteiger partial charge < -0.3 is 14.7 Å². The van der Waals surface area contributed by atoms with Gasteiger partial charge in [-0.1, -0.05) is 42.5 Å². The molecule has 1 atom stereocenters. The van der Waals surface area contributed by atoms with Crippen molar-refractivity contribution in [3.05, 3.63) is 107 Å². The summed E-state index contributed by atoms with van der Waals surface area (Å²) in [5.74, 6) is -1.56. The van der Waals surface area contributed by atoms with E-state index in [1.807, 2.05) is 30.3 Å². The summed E-state index contributed by atoms with van der Waals surface area (Å²) in [5, 5.41) is 11.0. The lowest BCUT2D eigenvalue weighted by atomic mass is 9.95. The van der Waals surface area contributed by atoms with Gasteiger partial charge in [0.1, 0.15) is 17.3 Å². The van der Waals surface area contributed by atoms with Crippen LogP contribution < -0.4 is 4.74 Å². The Labute approximate surface area is 185 Å². The summed E-state index contributed by atoms with van der Waals surface area (Å²) in [5.41, 5.74) is 1.94. The summed E-state index contributed by atoms with van der Waals surface area (Å²) in [4.78, 5) is 27.4. The van der Waals surface area contributed by atoms with Crippen molar-refractivity contribution in [3.63, 3.8) is 0 Å². The molecule has 1 amide bonds. The average molecular weight is 431 g/mol. The van der Waals surface area contributed by atoms with Gasteiger partial charge in [-0.25, -0.2) is 4.39 Å². The van der Waals surface area contributed by atoms with Crippen molar-refractivity contribution in [1.29, 1.82) is 0 Å². The summed E-state index contributed by atoms with van der Waals surface area (Å²) in [6.07, 6.45) is 0.536. The van der Waals surface area contributed by atoms with Crippen LogP contribution in [0.1, 0.15) is 22.7 Å². The third-order valence-electron chi connectivity index (χ3n) is 5.57. The van der Waals surface area contributed by atoms with E-state index < -0.39 is 23.5 Å². The standard InChI is InChI=1S/C26H22FNO4/c1-32-21-13-9-19(10-14-21)24(29)22-23(18-7-11-20(27)12-8-18)28(26(31)25(22)30)16-15-17-5-3-2-4-6-17/h2-14,23,29H,15-16H2,1H3/t23-/m1/s1. The Kier molecular flexibility index (Phi) is 6.03. The Hall–Kier alpha value is -3.93. The number of nitrogens with zero attached hydrogens (tertiary/aromatic N) is 1. The Morgan fingerprint density at radius 2 is 1.62 bits per heavy atom. The van der Waals surface area contributed by atoms with E-state index in [9.17, 15) is 19.1 Å². The van der Waals surface area contributed by atoms with Gasteiger partial charge in [-0.3, -0.25) is 9.59 Å². The molecule has 0 radical (unpaired) electrons. The lowest BCUT2D eigenvalue weighted by Crippen LogP contribution is -2.31. The van der Waals surface area contributed by atoms with E-state index >= 15 is 0 Å². The van der Waals surface area contributed by atoms with Crippen molar-refractivity contribution in [2.24, 2.45) is 0 Å². The highest BCUT2D eigenvalue weighted by atomic mass is 19.1. The van der Waals surface area contributed by atoms with Crippen LogP contribution in [0, 0.1) is 5.82 Å². The first-order valence-electron chi connectivity index (χ1n) is 10.2. The van der Waals surface area contributed by atoms with Gasteiger partial charge in [0.25, 0.3) is 11.7 Å². The zero-order valence-corrected chi connectivity index (χ0v) is 17.5. The molecule has 0 aromatic heterocycles.